The van der Waals surface area contributed by atoms with Crippen molar-refractivity contribution in [3.05, 3.63) is 59.1 Å². The van der Waals surface area contributed by atoms with E-state index in [1.54, 1.807) is 32.9 Å². The summed E-state index contributed by atoms with van der Waals surface area (Å²) in [7, 11) is -3.56. The van der Waals surface area contributed by atoms with Gasteiger partial charge < -0.3 is 5.32 Å². The summed E-state index contributed by atoms with van der Waals surface area (Å²) in [5.41, 5.74) is 1.43. The molecule has 0 bridgehead atoms. The zero-order valence-corrected chi connectivity index (χ0v) is 17.9. The minimum atomic E-state index is -3.56. The van der Waals surface area contributed by atoms with Crippen molar-refractivity contribution in [1.82, 2.24) is 10.0 Å². The highest BCUT2D eigenvalue weighted by Crippen LogP contribution is 2.22. The van der Waals surface area contributed by atoms with Crippen molar-refractivity contribution in [3.8, 4) is 0 Å². The number of sulfonamides is 1. The van der Waals surface area contributed by atoms with Crippen LogP contribution in [0.15, 0.2) is 53.4 Å². The van der Waals surface area contributed by atoms with E-state index in [1.807, 2.05) is 31.2 Å². The number of carbonyl (C=O) groups is 1. The molecule has 152 valence electrons. The molecule has 0 unspecified atom stereocenters. The van der Waals surface area contributed by atoms with Crippen LogP contribution < -0.4 is 15.4 Å². The number of benzene rings is 2. The van der Waals surface area contributed by atoms with Crippen LogP contribution in [0.2, 0.25) is 5.02 Å². The summed E-state index contributed by atoms with van der Waals surface area (Å²) in [6.45, 7) is 7.20. The smallest absolute Gasteiger partial charge is 0.241 e. The average Bonchev–Trinajstić information content (AvgIpc) is 2.61. The molecule has 0 aliphatic carbocycles. The Bertz CT molecular complexity index is 915. The molecule has 2 atom stereocenters. The number of amides is 1. The Kier molecular flexibility index (Phi) is 7.60. The fraction of sp³-hybridized carbons (Fsp3) is 0.350. The normalized spacial score (nSPS) is 13.9. The van der Waals surface area contributed by atoms with E-state index in [0.717, 1.165) is 5.56 Å². The van der Waals surface area contributed by atoms with Crippen LogP contribution in [0.5, 0.6) is 0 Å². The topological polar surface area (TPSA) is 87.3 Å². The lowest BCUT2D eigenvalue weighted by atomic mass is 10.1. The molecule has 0 aliphatic rings. The molecular formula is C20H26ClN3O3S. The fourth-order valence-electron chi connectivity index (χ4n) is 2.71. The minimum absolute atomic E-state index is 0.107. The van der Waals surface area contributed by atoms with Gasteiger partial charge in [-0.3, -0.25) is 10.1 Å². The van der Waals surface area contributed by atoms with Gasteiger partial charge in [0, 0.05) is 22.8 Å². The highest BCUT2D eigenvalue weighted by atomic mass is 35.5. The van der Waals surface area contributed by atoms with Crippen molar-refractivity contribution in [1.29, 1.82) is 0 Å². The van der Waals surface area contributed by atoms with Crippen molar-refractivity contribution in [2.24, 2.45) is 0 Å². The fourth-order valence-corrected chi connectivity index (χ4v) is 4.26. The van der Waals surface area contributed by atoms with Gasteiger partial charge in [-0.05, 0) is 63.6 Å². The van der Waals surface area contributed by atoms with Gasteiger partial charge in [-0.25, -0.2) is 13.1 Å². The van der Waals surface area contributed by atoms with Crippen LogP contribution in [0.1, 0.15) is 39.3 Å². The Morgan fingerprint density at radius 2 is 1.57 bits per heavy atom. The Hall–Kier alpha value is -1.93. The van der Waals surface area contributed by atoms with Crippen LogP contribution in [0.25, 0.3) is 0 Å². The van der Waals surface area contributed by atoms with Gasteiger partial charge in [0.2, 0.25) is 15.9 Å². The molecular weight excluding hydrogens is 398 g/mol. The molecule has 0 spiro atoms. The second kappa shape index (κ2) is 9.52. The predicted molar refractivity (Wildman–Crippen MR) is 113 cm³/mol. The van der Waals surface area contributed by atoms with Gasteiger partial charge >= 0.3 is 0 Å². The molecule has 8 heteroatoms. The number of nitrogens with one attached hydrogen (secondary N) is 3. The molecule has 1 amide bonds. The third-order valence-electron chi connectivity index (χ3n) is 4.09. The van der Waals surface area contributed by atoms with Crippen LogP contribution in [0, 0.1) is 0 Å². The maximum Gasteiger partial charge on any atom is 0.241 e. The zero-order valence-electron chi connectivity index (χ0n) is 16.4. The van der Waals surface area contributed by atoms with E-state index >= 15 is 0 Å². The second-order valence-corrected chi connectivity index (χ2v) is 9.04. The van der Waals surface area contributed by atoms with Crippen molar-refractivity contribution in [3.63, 3.8) is 0 Å². The first-order valence-electron chi connectivity index (χ1n) is 9.04. The Morgan fingerprint density at radius 3 is 2.14 bits per heavy atom. The maximum atomic E-state index is 12.5. The first kappa shape index (κ1) is 22.4. The second-order valence-electron chi connectivity index (χ2n) is 6.92. The van der Waals surface area contributed by atoms with E-state index in [1.165, 1.54) is 12.1 Å². The largest absolute Gasteiger partial charge is 0.325 e. The summed E-state index contributed by atoms with van der Waals surface area (Å²) in [4.78, 5) is 12.6. The molecule has 0 fully saturated rings. The lowest BCUT2D eigenvalue weighted by Crippen LogP contribution is -2.39. The zero-order chi connectivity index (χ0) is 20.9. The standard InChI is InChI=1S/C20H26ClN3O3S/c1-13(2)24-28(26,27)17-11-9-16(10-12-17)23-20(25)15(4)22-14(3)18-7-5-6-8-19(18)21/h5-15,22,24H,1-4H3,(H,23,25)/t14-,15+/m0/s1. The molecule has 6 nitrogen and oxygen atoms in total. The average molecular weight is 424 g/mol. The number of anilines is 1. The summed E-state index contributed by atoms with van der Waals surface area (Å²) in [5, 5.41) is 6.64. The lowest BCUT2D eigenvalue weighted by molar-refractivity contribution is -0.117. The number of hydrogen-bond donors (Lipinski definition) is 3. The summed E-state index contributed by atoms with van der Waals surface area (Å²) < 4.78 is 26.8. The number of halogens is 1. The highest BCUT2D eigenvalue weighted by molar-refractivity contribution is 7.89. The number of rotatable bonds is 8. The predicted octanol–water partition coefficient (Wildman–Crippen LogP) is 3.70. The van der Waals surface area contributed by atoms with Crippen molar-refractivity contribution in [2.45, 2.75) is 50.7 Å². The van der Waals surface area contributed by atoms with Crippen LogP contribution in [-0.2, 0) is 14.8 Å². The SMILES string of the molecule is CC(C)NS(=O)(=O)c1ccc(NC(=O)[C@@H](C)N[C@@H](C)c2ccccc2Cl)cc1. The van der Waals surface area contributed by atoms with E-state index in [-0.39, 0.29) is 22.9 Å². The minimum Gasteiger partial charge on any atom is -0.325 e. The molecule has 2 aromatic rings. The van der Waals surface area contributed by atoms with Gasteiger partial charge in [0.15, 0.2) is 0 Å². The summed E-state index contributed by atoms with van der Waals surface area (Å²) in [6, 6.07) is 12.8. The quantitative estimate of drug-likeness (QED) is 0.604. The van der Waals surface area contributed by atoms with Gasteiger partial charge in [-0.15, -0.1) is 0 Å². The van der Waals surface area contributed by atoms with E-state index < -0.39 is 16.1 Å². The summed E-state index contributed by atoms with van der Waals surface area (Å²) in [6.07, 6.45) is 0. The van der Waals surface area contributed by atoms with Gasteiger partial charge in [-0.1, -0.05) is 29.8 Å². The Balaban J connectivity index is 1.99. The van der Waals surface area contributed by atoms with Crippen LogP contribution >= 0.6 is 11.6 Å². The molecule has 28 heavy (non-hydrogen) atoms. The van der Waals surface area contributed by atoms with Gasteiger partial charge in [0.1, 0.15) is 0 Å². The van der Waals surface area contributed by atoms with E-state index in [9.17, 15) is 13.2 Å². The maximum absolute atomic E-state index is 12.5. The molecule has 0 heterocycles. The molecule has 3 N–H and O–H groups in total. The van der Waals surface area contributed by atoms with Gasteiger partial charge in [0.05, 0.1) is 10.9 Å². The molecule has 2 aromatic carbocycles. The van der Waals surface area contributed by atoms with E-state index in [4.69, 9.17) is 11.6 Å². The molecule has 0 radical (unpaired) electrons. The van der Waals surface area contributed by atoms with Gasteiger partial charge in [0.25, 0.3) is 0 Å². The Labute approximate surface area is 171 Å². The lowest BCUT2D eigenvalue weighted by Gasteiger charge is -2.21. The molecule has 0 aromatic heterocycles. The van der Waals surface area contributed by atoms with Crippen molar-refractivity contribution >= 4 is 33.2 Å². The summed E-state index contributed by atoms with van der Waals surface area (Å²) in [5.74, 6) is -0.227. The van der Waals surface area contributed by atoms with E-state index in [0.29, 0.717) is 10.7 Å². The number of hydrogen-bond acceptors (Lipinski definition) is 4. The third kappa shape index (κ3) is 6.04. The van der Waals surface area contributed by atoms with Crippen LogP contribution in [0.4, 0.5) is 5.69 Å². The highest BCUT2D eigenvalue weighted by Gasteiger charge is 2.19. The molecule has 0 aliphatic heterocycles. The summed E-state index contributed by atoms with van der Waals surface area (Å²) >= 11 is 6.20. The van der Waals surface area contributed by atoms with Gasteiger partial charge in [-0.2, -0.15) is 0 Å². The molecule has 2 rings (SSSR count). The monoisotopic (exact) mass is 423 g/mol. The first-order valence-corrected chi connectivity index (χ1v) is 10.9. The van der Waals surface area contributed by atoms with Crippen LogP contribution in [-0.4, -0.2) is 26.4 Å². The van der Waals surface area contributed by atoms with Crippen molar-refractivity contribution < 1.29 is 13.2 Å². The Morgan fingerprint density at radius 1 is 0.964 bits per heavy atom. The third-order valence-corrected chi connectivity index (χ3v) is 6.11. The van der Waals surface area contributed by atoms with Crippen molar-refractivity contribution in [2.75, 3.05) is 5.32 Å². The number of carbonyl (C=O) groups excluding carboxylic acids is 1. The van der Waals surface area contributed by atoms with E-state index in [2.05, 4.69) is 15.4 Å². The molecule has 0 saturated carbocycles. The first-order chi connectivity index (χ1) is 13.1. The molecule has 0 saturated heterocycles. The van der Waals surface area contributed by atoms with Crippen LogP contribution in [0.3, 0.4) is 0 Å².